The summed E-state index contributed by atoms with van der Waals surface area (Å²) < 4.78 is 23.6. The number of halogens is 2. The predicted octanol–water partition coefficient (Wildman–Crippen LogP) is 6.80. The molecule has 39 heavy (non-hydrogen) atoms. The molecule has 1 saturated carbocycles. The van der Waals surface area contributed by atoms with Gasteiger partial charge in [0.15, 0.2) is 5.75 Å². The average Bonchev–Trinajstić information content (AvgIpc) is 3.54. The van der Waals surface area contributed by atoms with Crippen LogP contribution in [0.1, 0.15) is 34.5 Å². The second-order valence-corrected chi connectivity index (χ2v) is 10.7. The van der Waals surface area contributed by atoms with Crippen molar-refractivity contribution in [2.45, 2.75) is 25.0 Å². The Bertz CT molecular complexity index is 1720. The number of nitrogens with two attached hydrogens (primary N) is 1. The number of nitrogens with one attached hydrogen (secondary N) is 2. The van der Waals surface area contributed by atoms with Gasteiger partial charge in [-0.05, 0) is 73.7 Å². The van der Waals surface area contributed by atoms with Crippen molar-refractivity contribution in [1.29, 1.82) is 0 Å². The molecule has 198 valence electrons. The highest BCUT2D eigenvalue weighted by atomic mass is 35.5. The topological polar surface area (TPSA) is 120 Å². The fourth-order valence-electron chi connectivity index (χ4n) is 4.08. The summed E-state index contributed by atoms with van der Waals surface area (Å²) in [5.74, 6) is 0.780. The summed E-state index contributed by atoms with van der Waals surface area (Å²) in [4.78, 5) is 24.9. The van der Waals surface area contributed by atoms with Crippen LogP contribution in [-0.2, 0) is 0 Å². The summed E-state index contributed by atoms with van der Waals surface area (Å²) in [6.07, 6.45) is 5.23. The molecular weight excluding hydrogens is 543 g/mol. The molecule has 0 saturated heterocycles. The largest absolute Gasteiger partial charge is 0.439 e. The lowest BCUT2D eigenvalue weighted by molar-refractivity contribution is -0.00504. The molecule has 1 aliphatic rings. The van der Waals surface area contributed by atoms with Crippen LogP contribution in [-0.4, -0.2) is 30.8 Å². The van der Waals surface area contributed by atoms with Gasteiger partial charge < -0.3 is 20.2 Å². The quantitative estimate of drug-likeness (QED) is 0.132. The first-order valence-corrected chi connectivity index (χ1v) is 13.3. The van der Waals surface area contributed by atoms with Crippen LogP contribution < -0.4 is 20.1 Å². The van der Waals surface area contributed by atoms with Gasteiger partial charge in [-0.1, -0.05) is 17.7 Å². The lowest BCUT2D eigenvalue weighted by Gasteiger charge is -2.10. The SMILES string of the molecule is Cc1cc(Oc2cccc(Cl)c2)ncc1-n1ncc(C(=O)c2cc3cc(OF)c(NSC4CC4)cc3[nH]2)c1N. The lowest BCUT2D eigenvalue weighted by atomic mass is 10.1. The number of aryl methyl sites for hydroxylation is 1. The molecule has 0 unspecified atom stereocenters. The van der Waals surface area contributed by atoms with Crippen LogP contribution in [0.15, 0.2) is 60.9 Å². The van der Waals surface area contributed by atoms with Gasteiger partial charge in [-0.15, -0.1) is 0 Å². The number of aromatic nitrogens is 4. The van der Waals surface area contributed by atoms with E-state index in [1.165, 1.54) is 28.9 Å². The molecule has 0 aliphatic heterocycles. The monoisotopic (exact) mass is 564 g/mol. The zero-order chi connectivity index (χ0) is 27.1. The van der Waals surface area contributed by atoms with E-state index in [-0.39, 0.29) is 28.6 Å². The minimum atomic E-state index is -0.356. The highest BCUT2D eigenvalue weighted by Crippen LogP contribution is 2.39. The molecule has 0 radical (unpaired) electrons. The second-order valence-electron chi connectivity index (χ2n) is 9.17. The minimum absolute atomic E-state index is 0.0479. The number of hydrogen-bond donors (Lipinski definition) is 3. The first-order valence-electron chi connectivity index (χ1n) is 12.1. The van der Waals surface area contributed by atoms with E-state index in [9.17, 15) is 9.32 Å². The Morgan fingerprint density at radius 1 is 1.23 bits per heavy atom. The number of pyridine rings is 1. The van der Waals surface area contributed by atoms with Crippen molar-refractivity contribution >= 4 is 51.7 Å². The lowest BCUT2D eigenvalue weighted by Crippen LogP contribution is -2.08. The van der Waals surface area contributed by atoms with E-state index < -0.39 is 0 Å². The molecule has 4 N–H and O–H groups in total. The van der Waals surface area contributed by atoms with Crippen molar-refractivity contribution in [3.05, 3.63) is 82.8 Å². The number of ether oxygens (including phenoxy) is 1. The summed E-state index contributed by atoms with van der Waals surface area (Å²) in [5.41, 5.74) is 9.38. The third-order valence-electron chi connectivity index (χ3n) is 6.26. The van der Waals surface area contributed by atoms with Gasteiger partial charge in [-0.3, -0.25) is 9.74 Å². The Morgan fingerprint density at radius 2 is 2.08 bits per heavy atom. The number of nitrogen functional groups attached to an aromatic ring is 1. The number of rotatable bonds is 9. The van der Waals surface area contributed by atoms with Crippen LogP contribution in [0.4, 0.5) is 16.0 Å². The van der Waals surface area contributed by atoms with Gasteiger partial charge in [0, 0.05) is 31.8 Å². The van der Waals surface area contributed by atoms with Crippen molar-refractivity contribution in [3.8, 4) is 23.1 Å². The maximum absolute atomic E-state index is 13.4. The van der Waals surface area contributed by atoms with E-state index in [0.29, 0.717) is 44.2 Å². The summed E-state index contributed by atoms with van der Waals surface area (Å²) >= 11 is 7.55. The van der Waals surface area contributed by atoms with Crippen LogP contribution >= 0.6 is 23.5 Å². The second kappa shape index (κ2) is 10.2. The summed E-state index contributed by atoms with van der Waals surface area (Å²) in [7, 11) is 0. The maximum Gasteiger partial charge on any atom is 0.219 e. The van der Waals surface area contributed by atoms with Crippen molar-refractivity contribution in [1.82, 2.24) is 19.7 Å². The molecule has 1 aliphatic carbocycles. The Labute approximate surface area is 231 Å². The molecule has 0 atom stereocenters. The van der Waals surface area contributed by atoms with Crippen LogP contribution in [0.2, 0.25) is 5.02 Å². The number of hydrogen-bond acceptors (Lipinski definition) is 8. The molecule has 1 fully saturated rings. The highest BCUT2D eigenvalue weighted by Gasteiger charge is 2.24. The molecule has 3 aromatic heterocycles. The van der Waals surface area contributed by atoms with Gasteiger partial charge in [-0.2, -0.15) is 5.10 Å². The van der Waals surface area contributed by atoms with Crippen LogP contribution in [0, 0.1) is 6.92 Å². The Balaban J connectivity index is 1.25. The number of anilines is 2. The standard InChI is InChI=1S/C27H22ClFN6O3S/c1-14-7-25(37-17-4-2-3-16(28)10-17)31-13-23(14)35-27(30)19(12-32-35)26(36)22-8-15-9-24(38-29)21(11-20(15)33-22)34-39-18-5-6-18/h2-4,7-13,18,33-34H,5-6,30H2,1H3. The number of nitrogens with zero attached hydrogens (tertiary/aromatic N) is 3. The molecule has 0 bridgehead atoms. The third-order valence-corrected chi connectivity index (χ3v) is 7.64. The van der Waals surface area contributed by atoms with Crippen molar-refractivity contribution in [2.24, 2.45) is 0 Å². The number of H-pyrrole nitrogens is 1. The van der Waals surface area contributed by atoms with Crippen LogP contribution in [0.25, 0.3) is 16.6 Å². The minimum Gasteiger partial charge on any atom is -0.439 e. The van der Waals surface area contributed by atoms with Crippen LogP contribution in [0.5, 0.6) is 17.4 Å². The summed E-state index contributed by atoms with van der Waals surface area (Å²) in [5, 5.41) is 6.02. The number of aromatic amines is 1. The fourth-order valence-corrected chi connectivity index (χ4v) is 5.09. The molecule has 0 amide bonds. The van der Waals surface area contributed by atoms with E-state index in [2.05, 4.69) is 24.7 Å². The number of carbonyl (C=O) groups is 1. The molecule has 12 heteroatoms. The summed E-state index contributed by atoms with van der Waals surface area (Å²) in [6.45, 7) is 1.86. The Morgan fingerprint density at radius 3 is 2.82 bits per heavy atom. The van der Waals surface area contributed by atoms with Crippen molar-refractivity contribution in [3.63, 3.8) is 0 Å². The van der Waals surface area contributed by atoms with Gasteiger partial charge in [0.2, 0.25) is 11.7 Å². The van der Waals surface area contributed by atoms with E-state index in [0.717, 1.165) is 18.4 Å². The normalized spacial score (nSPS) is 13.0. The van der Waals surface area contributed by atoms with Gasteiger partial charge in [0.1, 0.15) is 11.6 Å². The number of ketones is 1. The first-order chi connectivity index (χ1) is 18.9. The third kappa shape index (κ3) is 5.10. The fraction of sp³-hybridized carbons (Fsp3) is 0.148. The van der Waals surface area contributed by atoms with Crippen molar-refractivity contribution < 1.29 is 19.0 Å². The van der Waals surface area contributed by atoms with E-state index in [4.69, 9.17) is 22.1 Å². The van der Waals surface area contributed by atoms with Gasteiger partial charge in [-0.25, -0.2) is 9.67 Å². The highest BCUT2D eigenvalue weighted by molar-refractivity contribution is 8.01. The van der Waals surface area contributed by atoms with E-state index >= 15 is 0 Å². The zero-order valence-corrected chi connectivity index (χ0v) is 22.1. The molecule has 6 rings (SSSR count). The molecule has 2 aromatic carbocycles. The Hall–Kier alpha value is -4.22. The molecule has 0 spiro atoms. The zero-order valence-electron chi connectivity index (χ0n) is 20.6. The Kier molecular flexibility index (Phi) is 6.53. The molecular formula is C27H22ClFN6O3S. The van der Waals surface area contributed by atoms with Gasteiger partial charge >= 0.3 is 0 Å². The predicted molar refractivity (Wildman–Crippen MR) is 150 cm³/mol. The number of carbonyl (C=O) groups excluding carboxylic acids is 1. The van der Waals surface area contributed by atoms with E-state index in [1.807, 2.05) is 6.92 Å². The average molecular weight is 565 g/mol. The van der Waals surface area contributed by atoms with E-state index in [1.54, 1.807) is 48.7 Å². The number of benzene rings is 2. The number of fused-ring (bicyclic) bond motifs is 1. The first kappa shape index (κ1) is 25.1. The molecule has 5 aromatic rings. The van der Waals surface area contributed by atoms with Gasteiger partial charge in [0.05, 0.1) is 35.0 Å². The van der Waals surface area contributed by atoms with Crippen LogP contribution in [0.3, 0.4) is 0 Å². The van der Waals surface area contributed by atoms with Crippen molar-refractivity contribution in [2.75, 3.05) is 10.5 Å². The summed E-state index contributed by atoms with van der Waals surface area (Å²) in [6, 6.07) is 13.6. The molecule has 9 nitrogen and oxygen atoms in total. The maximum atomic E-state index is 13.4. The smallest absolute Gasteiger partial charge is 0.219 e. The van der Waals surface area contributed by atoms with Gasteiger partial charge in [0.25, 0.3) is 0 Å². The molecule has 3 heterocycles.